The molecule has 9 heteroatoms. The Morgan fingerprint density at radius 2 is 1.88 bits per heavy atom. The Bertz CT molecular complexity index is 1310. The number of halogens is 1. The molecule has 1 amide bonds. The van der Waals surface area contributed by atoms with Crippen LogP contribution in [0.1, 0.15) is 77.3 Å². The highest BCUT2D eigenvalue weighted by atomic mass is 32.2. The normalized spacial score (nSPS) is 19.2. The first-order chi connectivity index (χ1) is 18.7. The van der Waals surface area contributed by atoms with Crippen LogP contribution in [0.15, 0.2) is 42.5 Å². The molecule has 2 unspecified atom stereocenters. The number of rotatable bonds is 11. The van der Waals surface area contributed by atoms with Crippen LogP contribution in [0.4, 0.5) is 10.1 Å². The number of benzene rings is 2. The van der Waals surface area contributed by atoms with E-state index in [9.17, 15) is 17.6 Å². The van der Waals surface area contributed by atoms with Crippen molar-refractivity contribution >= 4 is 27.7 Å². The smallest absolute Gasteiger partial charge is 0.231 e. The highest BCUT2D eigenvalue weighted by molar-refractivity contribution is 7.92. The van der Waals surface area contributed by atoms with Gasteiger partial charge >= 0.3 is 0 Å². The molecule has 1 heterocycles. The molecule has 0 radical (unpaired) electrons. The van der Waals surface area contributed by atoms with Crippen molar-refractivity contribution in [3.8, 4) is 11.1 Å². The van der Waals surface area contributed by atoms with E-state index in [0.29, 0.717) is 18.7 Å². The van der Waals surface area contributed by atoms with Gasteiger partial charge in [0.25, 0.3) is 0 Å². The standard InChI is InChI=1S/C31H43FN2O5S/c1-8-9-16-33-30(35)20-26-19-25(38-31(4,5)39-26)14-15-27-28(21(2)3)17-24(34(6)40(7,36)37)18-29(27)22-10-12-23(32)13-11-22/h10-15,17-18,21,25-26H,8-9,16,19-20H2,1-7H3,(H,33,35)/b15-14+. The molecule has 2 atom stereocenters. The van der Waals surface area contributed by atoms with Gasteiger partial charge in [-0.05, 0) is 72.7 Å². The predicted molar refractivity (Wildman–Crippen MR) is 159 cm³/mol. The number of anilines is 1. The molecule has 3 rings (SSSR count). The summed E-state index contributed by atoms with van der Waals surface area (Å²) in [5, 5.41) is 2.95. The first-order valence-corrected chi connectivity index (χ1v) is 15.7. The first kappa shape index (κ1) is 31.8. The molecule has 1 saturated heterocycles. The van der Waals surface area contributed by atoms with Gasteiger partial charge in [-0.2, -0.15) is 0 Å². The number of hydrogen-bond acceptors (Lipinski definition) is 5. The highest BCUT2D eigenvalue weighted by Gasteiger charge is 2.35. The molecular formula is C31H43FN2O5S. The minimum atomic E-state index is -3.49. The van der Waals surface area contributed by atoms with Crippen LogP contribution < -0.4 is 9.62 Å². The van der Waals surface area contributed by atoms with Gasteiger partial charge in [-0.3, -0.25) is 9.10 Å². The summed E-state index contributed by atoms with van der Waals surface area (Å²) < 4.78 is 52.0. The number of unbranched alkanes of at least 4 members (excludes halogenated alkanes) is 1. The largest absolute Gasteiger partial charge is 0.356 e. The van der Waals surface area contributed by atoms with Gasteiger partial charge in [0.1, 0.15) is 5.82 Å². The van der Waals surface area contributed by atoms with Gasteiger partial charge in [0.05, 0.1) is 30.6 Å². The molecule has 1 aliphatic heterocycles. The Labute approximate surface area is 238 Å². The number of ether oxygens (including phenoxy) is 2. The molecule has 220 valence electrons. The third kappa shape index (κ3) is 8.62. The Morgan fingerprint density at radius 1 is 1.20 bits per heavy atom. The van der Waals surface area contributed by atoms with Crippen LogP contribution in [0, 0.1) is 5.82 Å². The van der Waals surface area contributed by atoms with E-state index in [1.54, 1.807) is 12.1 Å². The second-order valence-corrected chi connectivity index (χ2v) is 13.2. The lowest BCUT2D eigenvalue weighted by Crippen LogP contribution is -2.45. The fourth-order valence-electron chi connectivity index (χ4n) is 4.84. The Morgan fingerprint density at radius 3 is 2.48 bits per heavy atom. The number of sulfonamides is 1. The van der Waals surface area contributed by atoms with E-state index < -0.39 is 15.8 Å². The summed E-state index contributed by atoms with van der Waals surface area (Å²) in [6, 6.07) is 9.88. The van der Waals surface area contributed by atoms with Crippen LogP contribution in [0.5, 0.6) is 0 Å². The number of amides is 1. The summed E-state index contributed by atoms with van der Waals surface area (Å²) in [4.78, 5) is 12.5. The van der Waals surface area contributed by atoms with Crippen molar-refractivity contribution in [2.24, 2.45) is 0 Å². The van der Waals surface area contributed by atoms with Crippen molar-refractivity contribution in [1.29, 1.82) is 0 Å². The average molecular weight is 575 g/mol. The highest BCUT2D eigenvalue weighted by Crippen LogP contribution is 2.37. The maximum Gasteiger partial charge on any atom is 0.231 e. The third-order valence-corrected chi connectivity index (χ3v) is 8.16. The topological polar surface area (TPSA) is 84.9 Å². The van der Waals surface area contributed by atoms with E-state index in [4.69, 9.17) is 9.47 Å². The fraction of sp³-hybridized carbons (Fsp3) is 0.516. The van der Waals surface area contributed by atoms with E-state index in [2.05, 4.69) is 12.2 Å². The van der Waals surface area contributed by atoms with Crippen molar-refractivity contribution in [3.05, 3.63) is 59.4 Å². The number of carbonyl (C=O) groups excluding carboxylic acids is 1. The second kappa shape index (κ2) is 13.3. The summed E-state index contributed by atoms with van der Waals surface area (Å²) in [5.41, 5.74) is 3.92. The molecule has 0 aromatic heterocycles. The molecule has 2 aromatic carbocycles. The van der Waals surface area contributed by atoms with Crippen LogP contribution in [0.25, 0.3) is 17.2 Å². The summed E-state index contributed by atoms with van der Waals surface area (Å²) in [5.74, 6) is -1.19. The quantitative estimate of drug-likeness (QED) is 0.321. The Hall–Kier alpha value is -2.75. The van der Waals surface area contributed by atoms with Crippen molar-refractivity contribution in [1.82, 2.24) is 5.32 Å². The number of nitrogens with zero attached hydrogens (tertiary/aromatic N) is 1. The fourth-order valence-corrected chi connectivity index (χ4v) is 5.33. The van der Waals surface area contributed by atoms with Crippen molar-refractivity contribution in [2.75, 3.05) is 24.2 Å². The number of carbonyl (C=O) groups is 1. The minimum Gasteiger partial charge on any atom is -0.356 e. The molecule has 0 spiro atoms. The van der Waals surface area contributed by atoms with Gasteiger partial charge in [-0.25, -0.2) is 12.8 Å². The van der Waals surface area contributed by atoms with Gasteiger partial charge in [0.2, 0.25) is 15.9 Å². The van der Waals surface area contributed by atoms with E-state index >= 15 is 0 Å². The molecule has 1 N–H and O–H groups in total. The van der Waals surface area contributed by atoms with Crippen LogP contribution in [0.2, 0.25) is 0 Å². The first-order valence-electron chi connectivity index (χ1n) is 13.9. The average Bonchev–Trinajstić information content (AvgIpc) is 2.85. The van der Waals surface area contributed by atoms with Crippen molar-refractivity contribution < 1.29 is 27.1 Å². The van der Waals surface area contributed by atoms with Gasteiger partial charge < -0.3 is 14.8 Å². The second-order valence-electron chi connectivity index (χ2n) is 11.2. The number of hydrogen-bond donors (Lipinski definition) is 1. The van der Waals surface area contributed by atoms with Crippen LogP contribution in [0.3, 0.4) is 0 Å². The SMILES string of the molecule is CCCCNC(=O)CC1CC(/C=C/c2c(-c3ccc(F)cc3)cc(N(C)S(C)(=O)=O)cc2C(C)C)OC(C)(C)O1. The van der Waals surface area contributed by atoms with E-state index in [1.165, 1.54) is 23.5 Å². The Balaban J connectivity index is 2.00. The monoisotopic (exact) mass is 574 g/mol. The lowest BCUT2D eigenvalue weighted by molar-refractivity contribution is -0.289. The molecule has 1 fully saturated rings. The lowest BCUT2D eigenvalue weighted by atomic mass is 9.88. The van der Waals surface area contributed by atoms with Crippen molar-refractivity contribution in [3.63, 3.8) is 0 Å². The molecule has 0 bridgehead atoms. The Kier molecular flexibility index (Phi) is 10.5. The van der Waals surface area contributed by atoms with E-state index in [-0.39, 0.29) is 36.3 Å². The maximum atomic E-state index is 13.8. The van der Waals surface area contributed by atoms with Gasteiger partial charge in [0.15, 0.2) is 5.79 Å². The zero-order chi connectivity index (χ0) is 29.7. The van der Waals surface area contributed by atoms with Crippen LogP contribution in [-0.2, 0) is 24.3 Å². The molecular weight excluding hydrogens is 531 g/mol. The maximum absolute atomic E-state index is 13.8. The molecule has 7 nitrogen and oxygen atoms in total. The summed E-state index contributed by atoms with van der Waals surface area (Å²) in [6.07, 6.45) is 7.23. The lowest BCUT2D eigenvalue weighted by Gasteiger charge is -2.39. The summed E-state index contributed by atoms with van der Waals surface area (Å²) >= 11 is 0. The van der Waals surface area contributed by atoms with Gasteiger partial charge in [0, 0.05) is 20.0 Å². The van der Waals surface area contributed by atoms with Crippen LogP contribution >= 0.6 is 0 Å². The van der Waals surface area contributed by atoms with Crippen molar-refractivity contribution in [2.45, 2.75) is 84.2 Å². The van der Waals surface area contributed by atoms with E-state index in [1.807, 2.05) is 52.0 Å². The third-order valence-electron chi connectivity index (χ3n) is 6.96. The van der Waals surface area contributed by atoms with Gasteiger partial charge in [-0.1, -0.05) is 51.5 Å². The molecule has 40 heavy (non-hydrogen) atoms. The minimum absolute atomic E-state index is 0.0369. The predicted octanol–water partition coefficient (Wildman–Crippen LogP) is 6.24. The molecule has 0 aliphatic carbocycles. The van der Waals surface area contributed by atoms with Gasteiger partial charge in [-0.15, -0.1) is 0 Å². The zero-order valence-electron chi connectivity index (χ0n) is 24.7. The molecule has 1 aliphatic rings. The zero-order valence-corrected chi connectivity index (χ0v) is 25.5. The molecule has 0 saturated carbocycles. The summed E-state index contributed by atoms with van der Waals surface area (Å²) in [6.45, 7) is 10.5. The van der Waals surface area contributed by atoms with E-state index in [0.717, 1.165) is 41.4 Å². The number of nitrogens with one attached hydrogen (secondary N) is 1. The van der Waals surface area contributed by atoms with Crippen LogP contribution in [-0.4, -0.2) is 52.2 Å². The summed E-state index contributed by atoms with van der Waals surface area (Å²) in [7, 11) is -1.97. The molecule has 2 aromatic rings.